The van der Waals surface area contributed by atoms with Crippen LogP contribution in [-0.4, -0.2) is 69.6 Å². The lowest BCUT2D eigenvalue weighted by Crippen LogP contribution is -2.41. The third kappa shape index (κ3) is 4.50. The molecule has 7 heteroatoms. The topological polar surface area (TPSA) is 58.4 Å². The summed E-state index contributed by atoms with van der Waals surface area (Å²) < 4.78 is 1.74. The normalized spacial score (nSPS) is 22.2. The van der Waals surface area contributed by atoms with E-state index in [9.17, 15) is 9.59 Å². The Morgan fingerprint density at radius 2 is 1.89 bits per heavy atom. The molecule has 6 nitrogen and oxygen atoms in total. The van der Waals surface area contributed by atoms with Crippen molar-refractivity contribution < 1.29 is 9.59 Å². The minimum atomic E-state index is 0.0108. The van der Waals surface area contributed by atoms with E-state index < -0.39 is 0 Å². The average Bonchev–Trinajstić information content (AvgIpc) is 3.00. The van der Waals surface area contributed by atoms with Gasteiger partial charge in [0.2, 0.25) is 5.91 Å². The van der Waals surface area contributed by atoms with Gasteiger partial charge < -0.3 is 9.80 Å². The van der Waals surface area contributed by atoms with Gasteiger partial charge in [-0.05, 0) is 44.3 Å². The molecule has 1 saturated heterocycles. The number of fused-ring (bicyclic) bond motifs is 1. The van der Waals surface area contributed by atoms with Crippen molar-refractivity contribution in [2.45, 2.75) is 50.7 Å². The fourth-order valence-electron chi connectivity index (χ4n) is 4.18. The van der Waals surface area contributed by atoms with Crippen molar-refractivity contribution in [1.29, 1.82) is 0 Å². The van der Waals surface area contributed by atoms with Crippen molar-refractivity contribution in [2.75, 3.05) is 32.9 Å². The molecule has 1 aliphatic carbocycles. The highest BCUT2D eigenvalue weighted by molar-refractivity contribution is 7.99. The quantitative estimate of drug-likeness (QED) is 0.772. The number of rotatable bonds is 5. The summed E-state index contributed by atoms with van der Waals surface area (Å²) in [6.07, 6.45) is 6.11. The number of carbonyl (C=O) groups is 2. The number of aromatic nitrogens is 2. The second-order valence-corrected chi connectivity index (χ2v) is 9.54. The van der Waals surface area contributed by atoms with Gasteiger partial charge in [-0.15, -0.1) is 0 Å². The molecule has 1 aromatic heterocycles. The number of hydrogen-bond acceptors (Lipinski definition) is 4. The molecule has 2 amide bonds. The van der Waals surface area contributed by atoms with Crippen molar-refractivity contribution in [3.63, 3.8) is 0 Å². The van der Waals surface area contributed by atoms with E-state index in [1.54, 1.807) is 14.5 Å². The smallest absolute Gasteiger partial charge is 0.272 e. The summed E-state index contributed by atoms with van der Waals surface area (Å²) in [6.45, 7) is 3.31. The first kappa shape index (κ1) is 20.2. The Bertz CT molecular complexity index is 702. The van der Waals surface area contributed by atoms with Crippen LogP contribution in [0, 0.1) is 5.92 Å². The van der Waals surface area contributed by atoms with Crippen LogP contribution in [0.3, 0.4) is 0 Å². The van der Waals surface area contributed by atoms with Crippen molar-refractivity contribution in [1.82, 2.24) is 19.6 Å². The third-order valence-electron chi connectivity index (χ3n) is 5.85. The Balaban J connectivity index is 1.57. The van der Waals surface area contributed by atoms with Gasteiger partial charge in [0.25, 0.3) is 5.91 Å². The van der Waals surface area contributed by atoms with Crippen molar-refractivity contribution in [3.8, 4) is 0 Å². The van der Waals surface area contributed by atoms with E-state index >= 15 is 0 Å². The van der Waals surface area contributed by atoms with E-state index in [0.29, 0.717) is 18.3 Å². The highest BCUT2D eigenvalue weighted by atomic mass is 32.2. The van der Waals surface area contributed by atoms with Gasteiger partial charge in [0.15, 0.2) is 0 Å². The lowest BCUT2D eigenvalue weighted by molar-refractivity contribution is -0.134. The van der Waals surface area contributed by atoms with Crippen LogP contribution in [0.25, 0.3) is 0 Å². The molecule has 0 spiro atoms. The van der Waals surface area contributed by atoms with Crippen molar-refractivity contribution in [3.05, 3.63) is 17.0 Å². The summed E-state index contributed by atoms with van der Waals surface area (Å²) in [6, 6.07) is 0. The van der Waals surface area contributed by atoms with E-state index in [2.05, 4.69) is 12.0 Å². The maximum atomic E-state index is 13.0. The van der Waals surface area contributed by atoms with E-state index in [-0.39, 0.29) is 17.7 Å². The van der Waals surface area contributed by atoms with Crippen LogP contribution in [0.2, 0.25) is 0 Å². The van der Waals surface area contributed by atoms with Crippen LogP contribution in [0.5, 0.6) is 0 Å². The zero-order valence-corrected chi connectivity index (χ0v) is 17.8. The number of carbonyl (C=O) groups excluding carboxylic acids is 2. The fourth-order valence-corrected chi connectivity index (χ4v) is 5.37. The first-order chi connectivity index (χ1) is 12.9. The second-order valence-electron chi connectivity index (χ2n) is 7.99. The largest absolute Gasteiger partial charge is 0.344 e. The summed E-state index contributed by atoms with van der Waals surface area (Å²) in [4.78, 5) is 29.2. The van der Waals surface area contributed by atoms with E-state index in [4.69, 9.17) is 0 Å². The van der Waals surface area contributed by atoms with Gasteiger partial charge >= 0.3 is 0 Å². The third-order valence-corrected chi connectivity index (χ3v) is 7.08. The van der Waals surface area contributed by atoms with E-state index in [1.807, 2.05) is 32.9 Å². The monoisotopic (exact) mass is 392 g/mol. The fraction of sp³-hybridized carbons (Fsp3) is 0.750. The number of thioether (sulfide) groups is 1. The van der Waals surface area contributed by atoms with Gasteiger partial charge in [-0.3, -0.25) is 14.3 Å². The first-order valence-corrected chi connectivity index (χ1v) is 11.1. The Morgan fingerprint density at radius 1 is 1.19 bits per heavy atom. The van der Waals surface area contributed by atoms with Crippen LogP contribution in [0.15, 0.2) is 0 Å². The first-order valence-electron chi connectivity index (χ1n) is 10.0. The predicted octanol–water partition coefficient (Wildman–Crippen LogP) is 2.36. The average molecular weight is 393 g/mol. The Labute approximate surface area is 166 Å². The molecule has 0 aromatic carbocycles. The van der Waals surface area contributed by atoms with Crippen molar-refractivity contribution in [2.24, 2.45) is 13.0 Å². The molecular formula is C20H32N4O2S. The Morgan fingerprint density at radius 3 is 2.63 bits per heavy atom. The number of likely N-dealkylation sites (N-methyl/N-ethyl adjacent to an activating group) is 2. The summed E-state index contributed by atoms with van der Waals surface area (Å²) in [5.41, 5.74) is 2.93. The lowest BCUT2D eigenvalue weighted by atomic mass is 9.95. The van der Waals surface area contributed by atoms with E-state index in [0.717, 1.165) is 61.2 Å². The van der Waals surface area contributed by atoms with Crippen LogP contribution in [-0.2, 0) is 24.7 Å². The summed E-state index contributed by atoms with van der Waals surface area (Å²) in [5, 5.41) is 5.11. The number of hydrogen-bond donors (Lipinski definition) is 0. The molecule has 2 unspecified atom stereocenters. The minimum absolute atomic E-state index is 0.0108. The Kier molecular flexibility index (Phi) is 6.50. The summed E-state index contributed by atoms with van der Waals surface area (Å²) in [7, 11) is 5.54. The molecule has 2 heterocycles. The zero-order valence-electron chi connectivity index (χ0n) is 17.0. The van der Waals surface area contributed by atoms with Gasteiger partial charge in [0.05, 0.1) is 5.69 Å². The molecule has 1 fully saturated rings. The maximum absolute atomic E-state index is 13.0. The Hall–Kier alpha value is -1.50. The molecule has 1 aromatic rings. The van der Waals surface area contributed by atoms with Gasteiger partial charge in [-0.25, -0.2) is 0 Å². The molecule has 2 aliphatic rings. The molecule has 2 atom stereocenters. The molecule has 1 aliphatic heterocycles. The minimum Gasteiger partial charge on any atom is -0.344 e. The van der Waals surface area contributed by atoms with Gasteiger partial charge in [-0.1, -0.05) is 6.92 Å². The van der Waals surface area contributed by atoms with Gasteiger partial charge in [-0.2, -0.15) is 16.9 Å². The van der Waals surface area contributed by atoms with Crippen LogP contribution in [0.4, 0.5) is 0 Å². The lowest BCUT2D eigenvalue weighted by Gasteiger charge is -2.30. The second kappa shape index (κ2) is 8.67. The van der Waals surface area contributed by atoms with Gasteiger partial charge in [0, 0.05) is 51.0 Å². The highest BCUT2D eigenvalue weighted by Crippen LogP contribution is 2.30. The molecule has 0 radical (unpaired) electrons. The predicted molar refractivity (Wildman–Crippen MR) is 109 cm³/mol. The SMILES string of the molecule is CC1CC(C(=O)N(C)CCN(C)C(=O)c2c3c(nn2C)CCCC3)CCS1. The molecule has 27 heavy (non-hydrogen) atoms. The number of aryl methyl sites for hydroxylation is 2. The summed E-state index contributed by atoms with van der Waals surface area (Å²) >= 11 is 1.95. The van der Waals surface area contributed by atoms with Crippen LogP contribution >= 0.6 is 11.8 Å². The van der Waals surface area contributed by atoms with Crippen molar-refractivity contribution >= 4 is 23.6 Å². The molecular weight excluding hydrogens is 360 g/mol. The molecule has 0 N–H and O–H groups in total. The number of amides is 2. The molecule has 0 bridgehead atoms. The van der Waals surface area contributed by atoms with Gasteiger partial charge in [0.1, 0.15) is 5.69 Å². The highest BCUT2D eigenvalue weighted by Gasteiger charge is 2.29. The zero-order chi connectivity index (χ0) is 19.6. The standard InChI is InChI=1S/C20H32N4O2S/c1-14-13-15(9-12-27-14)19(25)22(2)10-11-23(3)20(26)18-16-7-5-6-8-17(16)21-24(18)4/h14-15H,5-13H2,1-4H3. The maximum Gasteiger partial charge on any atom is 0.272 e. The molecule has 150 valence electrons. The summed E-state index contributed by atoms with van der Waals surface area (Å²) in [5.74, 6) is 1.43. The van der Waals surface area contributed by atoms with Crippen LogP contribution in [0.1, 0.15) is 54.4 Å². The number of nitrogens with zero attached hydrogens (tertiary/aromatic N) is 4. The molecule has 0 saturated carbocycles. The van der Waals surface area contributed by atoms with Crippen LogP contribution < -0.4 is 0 Å². The molecule has 3 rings (SSSR count). The van der Waals surface area contributed by atoms with E-state index in [1.165, 1.54) is 0 Å².